The molecule has 1 aromatic carbocycles. The lowest BCUT2D eigenvalue weighted by atomic mass is 10.0. The average Bonchev–Trinajstić information content (AvgIpc) is 3.58. The Morgan fingerprint density at radius 1 is 1.11 bits per heavy atom. The van der Waals surface area contributed by atoms with E-state index in [0.29, 0.717) is 30.6 Å². The van der Waals surface area contributed by atoms with Crippen molar-refractivity contribution in [3.8, 4) is 0 Å². The molecule has 2 amide bonds. The van der Waals surface area contributed by atoms with Crippen molar-refractivity contribution in [1.82, 2.24) is 24.8 Å². The van der Waals surface area contributed by atoms with Crippen LogP contribution in [0.15, 0.2) is 49.1 Å². The Balaban J connectivity index is 1.39. The van der Waals surface area contributed by atoms with Gasteiger partial charge in [0.1, 0.15) is 18.5 Å². The summed E-state index contributed by atoms with van der Waals surface area (Å²) in [4.78, 5) is 36.0. The number of nitrogens with zero attached hydrogens (tertiary/aromatic N) is 4. The third-order valence-electron chi connectivity index (χ3n) is 6.19. The van der Waals surface area contributed by atoms with Crippen LogP contribution < -0.4 is 10.6 Å². The third kappa shape index (κ3) is 5.45. The minimum absolute atomic E-state index is 0.0379. The molecule has 0 aliphatic carbocycles. The summed E-state index contributed by atoms with van der Waals surface area (Å²) in [5.41, 5.74) is 1.88. The van der Waals surface area contributed by atoms with Gasteiger partial charge in [0.15, 0.2) is 29.5 Å². The van der Waals surface area contributed by atoms with Gasteiger partial charge in [-0.25, -0.2) is 19.7 Å². The molecule has 2 saturated heterocycles. The molecule has 194 valence electrons. The molecule has 0 radical (unpaired) electrons. The number of rotatable bonds is 9. The molecule has 3 N–H and O–H groups in total. The van der Waals surface area contributed by atoms with E-state index in [1.165, 1.54) is 6.33 Å². The Hall–Kier alpha value is -3.87. The molecule has 0 spiro atoms. The number of carbonyl (C=O) groups is 2. The molecular weight excluding hydrogens is 480 g/mol. The summed E-state index contributed by atoms with van der Waals surface area (Å²) in [7, 11) is 0. The lowest BCUT2D eigenvalue weighted by Crippen LogP contribution is -2.29. The second-order valence-electron chi connectivity index (χ2n) is 8.72. The van der Waals surface area contributed by atoms with Gasteiger partial charge in [-0.05, 0) is 31.4 Å². The fourth-order valence-corrected chi connectivity index (χ4v) is 4.56. The highest BCUT2D eigenvalue weighted by atomic mass is 16.8. The van der Waals surface area contributed by atoms with Gasteiger partial charge in [-0.15, -0.1) is 0 Å². The molecule has 4 unspecified atom stereocenters. The summed E-state index contributed by atoms with van der Waals surface area (Å²) in [6, 6.07) is 9.42. The van der Waals surface area contributed by atoms with Crippen LogP contribution in [0.5, 0.6) is 0 Å². The number of carboxylic acids is 1. The predicted molar refractivity (Wildman–Crippen MR) is 132 cm³/mol. The molecule has 4 heterocycles. The molecule has 5 rings (SSSR count). The van der Waals surface area contributed by atoms with Crippen LogP contribution >= 0.6 is 0 Å². The van der Waals surface area contributed by atoms with E-state index < -0.39 is 36.7 Å². The zero-order valence-corrected chi connectivity index (χ0v) is 20.2. The van der Waals surface area contributed by atoms with Crippen LogP contribution in [-0.2, 0) is 19.0 Å². The van der Waals surface area contributed by atoms with E-state index in [1.54, 1.807) is 10.9 Å². The topological polar surface area (TPSA) is 150 Å². The van der Waals surface area contributed by atoms with Crippen LogP contribution in [0.25, 0.3) is 17.2 Å². The first-order valence-electron chi connectivity index (χ1n) is 12.2. The Morgan fingerprint density at radius 3 is 2.70 bits per heavy atom. The first kappa shape index (κ1) is 24.8. The fraction of sp³-hybridized carbons (Fsp3) is 0.400. The Labute approximate surface area is 212 Å². The number of nitrogens with one attached hydrogen (secondary N) is 2. The van der Waals surface area contributed by atoms with Crippen molar-refractivity contribution in [2.24, 2.45) is 0 Å². The number of imidazole rings is 1. The summed E-state index contributed by atoms with van der Waals surface area (Å²) >= 11 is 0. The van der Waals surface area contributed by atoms with E-state index in [9.17, 15) is 9.59 Å². The fourth-order valence-electron chi connectivity index (χ4n) is 4.56. The standard InChI is InChI=1S/C25H28N6O6/c1-2-26-25(34)30-22-19-23(28-13-27-22)31(14-29-19)24-21-20(16(35-24)9-6-10-17(32)33)36-18(37-21)12-11-15-7-4-3-5-8-15/h3-5,7-8,11-14,16,18,20-21,24H,2,6,9-10H2,1H3,(H,32,33)(H2,26,27,28,30,34)/b12-11+/t16?,18-,20?,21?,24?/m0/s1. The van der Waals surface area contributed by atoms with Gasteiger partial charge < -0.3 is 24.6 Å². The molecule has 2 aliphatic rings. The smallest absolute Gasteiger partial charge is 0.320 e. The van der Waals surface area contributed by atoms with Crippen LogP contribution in [0.1, 0.15) is 38.0 Å². The summed E-state index contributed by atoms with van der Waals surface area (Å²) in [6.07, 6.45) is 5.19. The average molecular weight is 509 g/mol. The monoisotopic (exact) mass is 508 g/mol. The zero-order valence-electron chi connectivity index (χ0n) is 20.2. The number of benzene rings is 1. The number of anilines is 1. The van der Waals surface area contributed by atoms with Gasteiger partial charge in [-0.1, -0.05) is 36.4 Å². The molecule has 2 fully saturated rings. The van der Waals surface area contributed by atoms with Crippen molar-refractivity contribution in [3.63, 3.8) is 0 Å². The second kappa shape index (κ2) is 11.0. The van der Waals surface area contributed by atoms with E-state index >= 15 is 0 Å². The zero-order chi connectivity index (χ0) is 25.8. The van der Waals surface area contributed by atoms with Crippen molar-refractivity contribution >= 4 is 35.1 Å². The SMILES string of the molecule is CCNC(=O)Nc1ncnc2c1ncn2C1OC(CCCC(=O)O)C2O[C@H](/C=C/c3ccccc3)OC21. The third-order valence-corrected chi connectivity index (χ3v) is 6.19. The van der Waals surface area contributed by atoms with Crippen molar-refractivity contribution in [2.75, 3.05) is 11.9 Å². The lowest BCUT2D eigenvalue weighted by Gasteiger charge is -2.20. The highest BCUT2D eigenvalue weighted by Crippen LogP contribution is 2.42. The number of aromatic nitrogens is 4. The molecule has 2 aliphatic heterocycles. The largest absolute Gasteiger partial charge is 0.481 e. The van der Waals surface area contributed by atoms with E-state index in [4.69, 9.17) is 19.3 Å². The number of hydrogen-bond acceptors (Lipinski definition) is 8. The number of carbonyl (C=O) groups excluding carboxylic acids is 1. The Morgan fingerprint density at radius 2 is 1.92 bits per heavy atom. The summed E-state index contributed by atoms with van der Waals surface area (Å²) in [5.74, 6) is -0.586. The quantitative estimate of drug-likeness (QED) is 0.396. The molecule has 0 saturated carbocycles. The van der Waals surface area contributed by atoms with Crippen LogP contribution in [0.3, 0.4) is 0 Å². The number of urea groups is 1. The van der Waals surface area contributed by atoms with Crippen molar-refractivity contribution < 1.29 is 28.9 Å². The number of hydrogen-bond donors (Lipinski definition) is 3. The number of carboxylic acid groups (broad SMARTS) is 1. The van der Waals surface area contributed by atoms with Gasteiger partial charge in [0.05, 0.1) is 12.4 Å². The summed E-state index contributed by atoms with van der Waals surface area (Å²) in [5, 5.41) is 14.4. The van der Waals surface area contributed by atoms with Crippen LogP contribution in [-0.4, -0.2) is 67.8 Å². The summed E-state index contributed by atoms with van der Waals surface area (Å²) < 4.78 is 20.5. The first-order chi connectivity index (χ1) is 18.0. The van der Waals surface area contributed by atoms with Crippen LogP contribution in [0.2, 0.25) is 0 Å². The molecule has 3 aromatic rings. The van der Waals surface area contributed by atoms with E-state index in [-0.39, 0.29) is 18.3 Å². The maximum atomic E-state index is 12.0. The van der Waals surface area contributed by atoms with Gasteiger partial charge in [0.2, 0.25) is 0 Å². The van der Waals surface area contributed by atoms with Crippen LogP contribution in [0.4, 0.5) is 10.6 Å². The van der Waals surface area contributed by atoms with Gasteiger partial charge in [-0.2, -0.15) is 0 Å². The molecular formula is C25H28N6O6. The van der Waals surface area contributed by atoms with Gasteiger partial charge in [0, 0.05) is 13.0 Å². The molecule has 12 nitrogen and oxygen atoms in total. The molecule has 2 aromatic heterocycles. The number of amides is 2. The van der Waals surface area contributed by atoms with Crippen LogP contribution in [0, 0.1) is 0 Å². The molecule has 37 heavy (non-hydrogen) atoms. The van der Waals surface area contributed by atoms with Gasteiger partial charge in [0.25, 0.3) is 0 Å². The van der Waals surface area contributed by atoms with Crippen molar-refractivity contribution in [1.29, 1.82) is 0 Å². The van der Waals surface area contributed by atoms with Gasteiger partial charge >= 0.3 is 12.0 Å². The maximum Gasteiger partial charge on any atom is 0.320 e. The van der Waals surface area contributed by atoms with E-state index in [1.807, 2.05) is 49.4 Å². The van der Waals surface area contributed by atoms with Gasteiger partial charge in [-0.3, -0.25) is 14.7 Å². The number of fused-ring (bicyclic) bond motifs is 2. The molecule has 5 atom stereocenters. The first-order valence-corrected chi connectivity index (χ1v) is 12.2. The number of aliphatic carboxylic acids is 1. The number of ether oxygens (including phenoxy) is 3. The summed E-state index contributed by atoms with van der Waals surface area (Å²) in [6.45, 7) is 2.28. The Kier molecular flexibility index (Phi) is 7.40. The second-order valence-corrected chi connectivity index (χ2v) is 8.72. The maximum absolute atomic E-state index is 12.0. The normalized spacial score (nSPS) is 24.9. The molecule has 12 heteroatoms. The van der Waals surface area contributed by atoms with E-state index in [0.717, 1.165) is 5.56 Å². The van der Waals surface area contributed by atoms with Crippen molar-refractivity contribution in [2.45, 2.75) is 57.0 Å². The lowest BCUT2D eigenvalue weighted by molar-refractivity contribution is -0.138. The molecule has 0 bridgehead atoms. The highest BCUT2D eigenvalue weighted by Gasteiger charge is 2.53. The predicted octanol–water partition coefficient (Wildman–Crippen LogP) is 2.94. The highest BCUT2D eigenvalue weighted by molar-refractivity contribution is 5.95. The Bertz CT molecular complexity index is 1280. The van der Waals surface area contributed by atoms with E-state index in [2.05, 4.69) is 25.6 Å². The minimum atomic E-state index is -0.859. The van der Waals surface area contributed by atoms with Crippen molar-refractivity contribution in [3.05, 3.63) is 54.6 Å². The minimum Gasteiger partial charge on any atom is -0.481 e.